The molecule has 8 aromatic rings. The minimum Gasteiger partial charge on any atom is -0.451 e. The molecule has 6 aromatic heterocycles. The molecule has 2 unspecified atom stereocenters. The van der Waals surface area contributed by atoms with Crippen molar-refractivity contribution in [2.45, 2.75) is 91.6 Å². The van der Waals surface area contributed by atoms with Gasteiger partial charge in [0, 0.05) is 12.1 Å². The maximum Gasteiger partial charge on any atom is 0.397 e. The van der Waals surface area contributed by atoms with Gasteiger partial charge in [-0.05, 0) is 37.8 Å². The van der Waals surface area contributed by atoms with Crippen molar-refractivity contribution in [2.24, 2.45) is 0 Å². The van der Waals surface area contributed by atoms with Crippen LogP contribution in [0.5, 0.6) is 0 Å². The van der Waals surface area contributed by atoms with Crippen LogP contribution in [0.15, 0.2) is 77.9 Å². The summed E-state index contributed by atoms with van der Waals surface area (Å²) in [6.45, 7) is 3.72. The van der Waals surface area contributed by atoms with Gasteiger partial charge in [0.2, 0.25) is 0 Å². The monoisotopic (exact) mass is 928 g/mol. The number of aryl methyl sites for hydroxylation is 2. The lowest BCUT2D eigenvalue weighted by Gasteiger charge is -2.20. The van der Waals surface area contributed by atoms with Gasteiger partial charge in [0.15, 0.2) is 19.6 Å². The second kappa shape index (κ2) is 15.6. The third kappa shape index (κ3) is 8.57. The van der Waals surface area contributed by atoms with Gasteiger partial charge in [-0.15, -0.1) is 22.7 Å². The molecule has 0 radical (unpaired) electrons. The van der Waals surface area contributed by atoms with E-state index in [1.54, 1.807) is 24.3 Å². The van der Waals surface area contributed by atoms with Crippen molar-refractivity contribution in [3.8, 4) is 0 Å². The number of alkyl halides is 6. The van der Waals surface area contributed by atoms with Gasteiger partial charge in [-0.1, -0.05) is 78.9 Å². The Morgan fingerprint density at radius 1 is 0.623 bits per heavy atom. The highest BCUT2D eigenvalue weighted by molar-refractivity contribution is 7.88. The lowest BCUT2D eigenvalue weighted by molar-refractivity contribution is -0.153. The van der Waals surface area contributed by atoms with Crippen LogP contribution in [0.2, 0.25) is 0 Å². The van der Waals surface area contributed by atoms with Crippen molar-refractivity contribution in [3.05, 3.63) is 94.3 Å². The predicted molar refractivity (Wildman–Crippen MR) is 216 cm³/mol. The lowest BCUT2D eigenvalue weighted by Crippen LogP contribution is -2.22. The largest absolute Gasteiger partial charge is 0.451 e. The quantitative estimate of drug-likeness (QED) is 0.0607. The van der Waals surface area contributed by atoms with E-state index >= 15 is 0 Å². The Kier molecular flexibility index (Phi) is 10.9. The second-order valence-electron chi connectivity index (χ2n) is 14.9. The van der Waals surface area contributed by atoms with Crippen LogP contribution in [0.4, 0.5) is 26.3 Å². The standard InChI is InChI=1S/C39H34F6N4O8S4/c1-20-8-12-22(13-9-20)18-48-32-34(56-26-16-28(58-36(26)32)60(50,51)52)30(46-48)24(38(40,41)42)6-4-3-5-7-25(39(43,44)45)31-35-33(37-27(57-35)17-29(59-37)61(53,54)55)49(47-31)19-23-14-10-21(2)11-15-23/h8-17,24-25H,3-7,18-19H2,1-2H3,(H,50,51,52)(H,53,54,55). The molecule has 0 amide bonds. The van der Waals surface area contributed by atoms with Gasteiger partial charge in [0.25, 0.3) is 0 Å². The van der Waals surface area contributed by atoms with Crippen LogP contribution in [-0.4, -0.2) is 57.9 Å². The minimum atomic E-state index is -4.86. The van der Waals surface area contributed by atoms with E-state index in [4.69, 9.17) is 8.83 Å². The average molecular weight is 929 g/mol. The Bertz CT molecular complexity index is 2930. The third-order valence-corrected chi connectivity index (χ3v) is 15.3. The fourth-order valence-corrected chi connectivity index (χ4v) is 11.0. The summed E-state index contributed by atoms with van der Waals surface area (Å²) >= 11 is 1.24. The minimum absolute atomic E-state index is 0.00267. The zero-order valence-electron chi connectivity index (χ0n) is 31.9. The first-order valence-corrected chi connectivity index (χ1v) is 23.1. The Morgan fingerprint density at radius 2 is 0.984 bits per heavy atom. The summed E-state index contributed by atoms with van der Waals surface area (Å²) in [5.41, 5.74) is 1.96. The topological polar surface area (TPSA) is 171 Å². The van der Waals surface area contributed by atoms with Gasteiger partial charge in [-0.3, -0.25) is 18.5 Å². The third-order valence-electron chi connectivity index (χ3n) is 10.4. The fourth-order valence-electron chi connectivity index (χ4n) is 7.43. The van der Waals surface area contributed by atoms with Crippen molar-refractivity contribution in [1.29, 1.82) is 0 Å². The summed E-state index contributed by atoms with van der Waals surface area (Å²) in [5, 5.41) is 8.67. The Labute approximate surface area is 350 Å². The molecule has 2 atom stereocenters. The maximum atomic E-state index is 14.9. The molecule has 0 spiro atoms. The van der Waals surface area contributed by atoms with E-state index in [-0.39, 0.29) is 75.1 Å². The van der Waals surface area contributed by atoms with E-state index in [1.165, 1.54) is 9.36 Å². The molecule has 2 aromatic carbocycles. The summed E-state index contributed by atoms with van der Waals surface area (Å²) in [6.07, 6.45) is -11.2. The van der Waals surface area contributed by atoms with E-state index in [2.05, 4.69) is 10.2 Å². The molecule has 0 aliphatic carbocycles. The summed E-state index contributed by atoms with van der Waals surface area (Å²) in [5.74, 6) is -4.40. The van der Waals surface area contributed by atoms with Gasteiger partial charge >= 0.3 is 32.6 Å². The molecule has 0 aliphatic rings. The summed E-state index contributed by atoms with van der Waals surface area (Å²) in [6, 6.07) is 16.3. The number of fused-ring (bicyclic) bond motifs is 6. The van der Waals surface area contributed by atoms with Crippen molar-refractivity contribution in [3.63, 3.8) is 0 Å². The SMILES string of the molecule is Cc1ccc(Cn2nc(C(CCCCCC(c3nn(Cc4ccc(C)cc4)c4c3oc3cc(S(=O)(=O)O)sc34)C(F)(F)F)C(F)(F)F)c3oc4cc(S(=O)(=O)O)sc4c32)cc1. The first-order chi connectivity index (χ1) is 28.6. The fraction of sp³-hybridized carbons (Fsp3) is 0.333. The smallest absolute Gasteiger partial charge is 0.397 e. The van der Waals surface area contributed by atoms with Crippen LogP contribution >= 0.6 is 22.7 Å². The van der Waals surface area contributed by atoms with Crippen LogP contribution in [0.1, 0.15) is 77.6 Å². The van der Waals surface area contributed by atoms with Gasteiger partial charge < -0.3 is 8.83 Å². The summed E-state index contributed by atoms with van der Waals surface area (Å²) in [4.78, 5) is 0. The molecule has 12 nitrogen and oxygen atoms in total. The zero-order chi connectivity index (χ0) is 43.8. The highest BCUT2D eigenvalue weighted by atomic mass is 32.3. The summed E-state index contributed by atoms with van der Waals surface area (Å²) in [7, 11) is -9.31. The molecular formula is C39H34F6N4O8S4. The van der Waals surface area contributed by atoms with E-state index in [0.29, 0.717) is 33.8 Å². The number of hydrogen-bond donors (Lipinski definition) is 2. The van der Waals surface area contributed by atoms with Gasteiger partial charge in [-0.2, -0.15) is 53.4 Å². The van der Waals surface area contributed by atoms with Gasteiger partial charge in [-0.25, -0.2) is 0 Å². The first-order valence-electron chi connectivity index (χ1n) is 18.6. The molecule has 0 saturated carbocycles. The molecule has 0 aliphatic heterocycles. The van der Waals surface area contributed by atoms with E-state index in [1.807, 2.05) is 38.1 Å². The number of halogens is 6. The molecular weight excluding hydrogens is 895 g/mol. The van der Waals surface area contributed by atoms with Crippen molar-refractivity contribution in [2.75, 3.05) is 0 Å². The van der Waals surface area contributed by atoms with Crippen molar-refractivity contribution < 1.29 is 61.1 Å². The first kappa shape index (κ1) is 42.9. The van der Waals surface area contributed by atoms with Crippen molar-refractivity contribution in [1.82, 2.24) is 19.6 Å². The van der Waals surface area contributed by atoms with E-state index in [0.717, 1.165) is 23.3 Å². The zero-order valence-corrected chi connectivity index (χ0v) is 35.2. The number of thiophene rings is 2. The Morgan fingerprint density at radius 3 is 1.31 bits per heavy atom. The average Bonchev–Trinajstić information content (AvgIpc) is 3.98. The molecule has 6 heterocycles. The molecule has 2 N–H and O–H groups in total. The van der Waals surface area contributed by atoms with Crippen LogP contribution in [0.3, 0.4) is 0 Å². The highest BCUT2D eigenvalue weighted by Crippen LogP contribution is 2.48. The van der Waals surface area contributed by atoms with Crippen LogP contribution in [-0.2, 0) is 33.3 Å². The van der Waals surface area contributed by atoms with E-state index < -0.39 is 77.1 Å². The maximum absolute atomic E-state index is 14.9. The Hall–Kier alpha value is -4.74. The number of unbranched alkanes of at least 4 members (excludes halogenated alkanes) is 2. The lowest BCUT2D eigenvalue weighted by atomic mass is 9.93. The van der Waals surface area contributed by atoms with E-state index in [9.17, 15) is 52.3 Å². The molecule has 61 heavy (non-hydrogen) atoms. The normalized spacial score (nSPS) is 14.3. The van der Waals surface area contributed by atoms with Crippen LogP contribution in [0, 0.1) is 13.8 Å². The number of nitrogens with zero attached hydrogens (tertiary/aromatic N) is 4. The number of benzene rings is 2. The predicted octanol–water partition coefficient (Wildman–Crippen LogP) is 11.2. The number of hydrogen-bond acceptors (Lipinski definition) is 10. The van der Waals surface area contributed by atoms with Crippen molar-refractivity contribution >= 4 is 85.7 Å². The number of aromatic nitrogens is 4. The molecule has 0 fully saturated rings. The van der Waals surface area contributed by atoms with Gasteiger partial charge in [0.05, 0.1) is 13.1 Å². The number of furan rings is 2. The van der Waals surface area contributed by atoms with Gasteiger partial charge in [0.1, 0.15) is 54.8 Å². The van der Waals surface area contributed by atoms with Crippen LogP contribution < -0.4 is 0 Å². The molecule has 324 valence electrons. The molecule has 8 rings (SSSR count). The second-order valence-corrected chi connectivity index (χ2v) is 20.3. The highest BCUT2D eigenvalue weighted by Gasteiger charge is 2.46. The Balaban J connectivity index is 1.07. The van der Waals surface area contributed by atoms with Crippen LogP contribution in [0.25, 0.3) is 42.8 Å². The molecule has 0 bridgehead atoms. The number of rotatable bonds is 14. The summed E-state index contributed by atoms with van der Waals surface area (Å²) < 4.78 is 170. The molecule has 22 heteroatoms. The molecule has 0 saturated heterocycles.